The first-order valence-corrected chi connectivity index (χ1v) is 10.6. The SMILES string of the molecule is CC1=NN(c2cc(Cl)ccc2Cl)C(=O)/C1=C/c1c(C)nn(-c2ccc(C)c(C)c2)c1C. The molecule has 2 aromatic carbocycles. The number of carbonyl (C=O) groups excluding carboxylic acids is 1. The van der Waals surface area contributed by atoms with Crippen LogP contribution in [0, 0.1) is 27.7 Å². The molecule has 0 aliphatic carbocycles. The zero-order valence-corrected chi connectivity index (χ0v) is 19.5. The molecule has 1 aromatic heterocycles. The van der Waals surface area contributed by atoms with Gasteiger partial charge >= 0.3 is 0 Å². The van der Waals surface area contributed by atoms with Crippen molar-refractivity contribution in [2.24, 2.45) is 5.10 Å². The second kappa shape index (κ2) is 7.98. The second-order valence-electron chi connectivity index (χ2n) is 7.72. The highest BCUT2D eigenvalue weighted by Gasteiger charge is 2.31. The highest BCUT2D eigenvalue weighted by atomic mass is 35.5. The summed E-state index contributed by atoms with van der Waals surface area (Å²) in [5.41, 5.74) is 7.68. The first-order valence-electron chi connectivity index (χ1n) is 9.88. The van der Waals surface area contributed by atoms with Gasteiger partial charge in [0, 0.05) is 16.3 Å². The van der Waals surface area contributed by atoms with Crippen LogP contribution in [0.5, 0.6) is 0 Å². The van der Waals surface area contributed by atoms with Crippen LogP contribution in [-0.4, -0.2) is 21.4 Å². The first kappa shape index (κ1) is 21.3. The highest BCUT2D eigenvalue weighted by Crippen LogP contribution is 2.34. The summed E-state index contributed by atoms with van der Waals surface area (Å²) in [6, 6.07) is 11.2. The van der Waals surface area contributed by atoms with Crippen LogP contribution in [0.2, 0.25) is 10.0 Å². The molecule has 0 bridgehead atoms. The number of amides is 1. The number of nitrogens with zero attached hydrogens (tertiary/aromatic N) is 4. The first-order chi connectivity index (χ1) is 14.7. The molecule has 1 amide bonds. The van der Waals surface area contributed by atoms with Crippen LogP contribution in [0.15, 0.2) is 47.1 Å². The molecule has 7 heteroatoms. The third-order valence-electron chi connectivity index (χ3n) is 5.57. The Bertz CT molecular complexity index is 1290. The van der Waals surface area contributed by atoms with Gasteiger partial charge in [0.25, 0.3) is 5.91 Å². The lowest BCUT2D eigenvalue weighted by Gasteiger charge is -2.13. The van der Waals surface area contributed by atoms with Crippen LogP contribution in [-0.2, 0) is 4.79 Å². The molecule has 0 radical (unpaired) electrons. The van der Waals surface area contributed by atoms with Gasteiger partial charge in [-0.2, -0.15) is 15.2 Å². The van der Waals surface area contributed by atoms with E-state index >= 15 is 0 Å². The summed E-state index contributed by atoms with van der Waals surface area (Å²) >= 11 is 12.4. The van der Waals surface area contributed by atoms with E-state index in [1.54, 1.807) is 25.1 Å². The Morgan fingerprint density at radius 3 is 2.39 bits per heavy atom. The lowest BCUT2D eigenvalue weighted by Crippen LogP contribution is -2.21. The van der Waals surface area contributed by atoms with Crippen molar-refractivity contribution < 1.29 is 4.79 Å². The lowest BCUT2D eigenvalue weighted by atomic mass is 10.1. The fourth-order valence-electron chi connectivity index (χ4n) is 3.61. The Kier molecular flexibility index (Phi) is 5.50. The molecule has 0 unspecified atom stereocenters. The maximum atomic E-state index is 13.2. The maximum absolute atomic E-state index is 13.2. The van der Waals surface area contributed by atoms with Gasteiger partial charge in [-0.3, -0.25) is 4.79 Å². The molecule has 5 nitrogen and oxygen atoms in total. The standard InChI is InChI=1S/C24H22Cl2N4O/c1-13-6-8-19(10-14(13)2)29-17(5)20(15(3)27-29)12-21-16(4)28-30(24(21)31)23-11-18(25)7-9-22(23)26/h6-12H,1-5H3/b21-12+. The van der Waals surface area contributed by atoms with Crippen LogP contribution >= 0.6 is 23.2 Å². The van der Waals surface area contributed by atoms with E-state index in [2.05, 4.69) is 37.1 Å². The van der Waals surface area contributed by atoms with E-state index in [-0.39, 0.29) is 5.91 Å². The molecule has 31 heavy (non-hydrogen) atoms. The number of aromatic nitrogens is 2. The van der Waals surface area contributed by atoms with Gasteiger partial charge in [0.2, 0.25) is 0 Å². The molecule has 0 N–H and O–H groups in total. The molecule has 1 aliphatic rings. The van der Waals surface area contributed by atoms with Crippen molar-refractivity contribution in [3.63, 3.8) is 0 Å². The Morgan fingerprint density at radius 1 is 0.935 bits per heavy atom. The van der Waals surface area contributed by atoms with Gasteiger partial charge in [-0.25, -0.2) is 4.68 Å². The molecule has 158 valence electrons. The van der Waals surface area contributed by atoms with Gasteiger partial charge < -0.3 is 0 Å². The Morgan fingerprint density at radius 2 is 1.68 bits per heavy atom. The third kappa shape index (κ3) is 3.80. The summed E-state index contributed by atoms with van der Waals surface area (Å²) in [4.78, 5) is 13.2. The molecular formula is C24H22Cl2N4O. The molecular weight excluding hydrogens is 431 g/mol. The molecule has 3 aromatic rings. The van der Waals surface area contributed by atoms with Crippen LogP contribution in [0.4, 0.5) is 5.69 Å². The fraction of sp³-hybridized carbons (Fsp3) is 0.208. The number of hydrogen-bond acceptors (Lipinski definition) is 3. The van der Waals surface area contributed by atoms with E-state index in [0.717, 1.165) is 22.6 Å². The average Bonchev–Trinajstić information content (AvgIpc) is 3.16. The minimum Gasteiger partial charge on any atom is -0.267 e. The molecule has 0 fully saturated rings. The normalized spacial score (nSPS) is 15.2. The van der Waals surface area contributed by atoms with Crippen LogP contribution in [0.1, 0.15) is 35.0 Å². The van der Waals surface area contributed by atoms with Gasteiger partial charge in [-0.15, -0.1) is 0 Å². The predicted octanol–water partition coefficient (Wildman–Crippen LogP) is 6.22. The molecule has 0 saturated carbocycles. The number of anilines is 1. The van der Waals surface area contributed by atoms with Crippen molar-refractivity contribution in [2.45, 2.75) is 34.6 Å². The van der Waals surface area contributed by atoms with Crippen molar-refractivity contribution in [1.29, 1.82) is 0 Å². The number of halogens is 2. The van der Waals surface area contributed by atoms with E-state index in [4.69, 9.17) is 28.3 Å². The van der Waals surface area contributed by atoms with Gasteiger partial charge in [0.05, 0.1) is 33.4 Å². The monoisotopic (exact) mass is 452 g/mol. The summed E-state index contributed by atoms with van der Waals surface area (Å²) in [6.07, 6.45) is 1.86. The largest absolute Gasteiger partial charge is 0.280 e. The van der Waals surface area contributed by atoms with E-state index in [1.807, 2.05) is 24.6 Å². The summed E-state index contributed by atoms with van der Waals surface area (Å²) in [5.74, 6) is -0.251. The zero-order valence-electron chi connectivity index (χ0n) is 18.0. The Hall–Kier alpha value is -2.89. The summed E-state index contributed by atoms with van der Waals surface area (Å²) < 4.78 is 1.91. The van der Waals surface area contributed by atoms with Crippen molar-refractivity contribution in [1.82, 2.24) is 9.78 Å². The van der Waals surface area contributed by atoms with Crippen molar-refractivity contribution >= 4 is 46.6 Å². The minimum atomic E-state index is -0.251. The van der Waals surface area contributed by atoms with Gasteiger partial charge in [-0.1, -0.05) is 29.3 Å². The van der Waals surface area contributed by atoms with E-state index in [0.29, 0.717) is 27.0 Å². The molecule has 4 rings (SSSR count). The van der Waals surface area contributed by atoms with Crippen molar-refractivity contribution in [2.75, 3.05) is 5.01 Å². The topological polar surface area (TPSA) is 50.5 Å². The van der Waals surface area contributed by atoms with Crippen LogP contribution in [0.25, 0.3) is 11.8 Å². The number of rotatable bonds is 3. The minimum absolute atomic E-state index is 0.251. The number of hydrogen-bond donors (Lipinski definition) is 0. The van der Waals surface area contributed by atoms with Gasteiger partial charge in [0.1, 0.15) is 0 Å². The molecule has 0 atom stereocenters. The number of carbonyl (C=O) groups is 1. The molecule has 2 heterocycles. The van der Waals surface area contributed by atoms with Crippen LogP contribution in [0.3, 0.4) is 0 Å². The molecule has 0 spiro atoms. The number of aryl methyl sites for hydroxylation is 3. The summed E-state index contributed by atoms with van der Waals surface area (Å²) in [5, 5.41) is 11.3. The predicted molar refractivity (Wildman–Crippen MR) is 128 cm³/mol. The third-order valence-corrected chi connectivity index (χ3v) is 6.12. The Balaban J connectivity index is 1.75. The Labute approximate surface area is 191 Å². The van der Waals surface area contributed by atoms with E-state index < -0.39 is 0 Å². The van der Waals surface area contributed by atoms with Gasteiger partial charge in [0.15, 0.2) is 0 Å². The molecule has 0 saturated heterocycles. The number of hydrazone groups is 1. The zero-order chi connectivity index (χ0) is 22.4. The maximum Gasteiger partial charge on any atom is 0.280 e. The van der Waals surface area contributed by atoms with E-state index in [1.165, 1.54) is 16.1 Å². The summed E-state index contributed by atoms with van der Waals surface area (Å²) in [7, 11) is 0. The molecule has 1 aliphatic heterocycles. The average molecular weight is 453 g/mol. The van der Waals surface area contributed by atoms with Crippen molar-refractivity contribution in [3.05, 3.63) is 80.1 Å². The van der Waals surface area contributed by atoms with Gasteiger partial charge in [-0.05, 0) is 82.2 Å². The van der Waals surface area contributed by atoms with Crippen LogP contribution < -0.4 is 5.01 Å². The second-order valence-corrected chi connectivity index (χ2v) is 8.56. The summed E-state index contributed by atoms with van der Waals surface area (Å²) in [6.45, 7) is 9.91. The quantitative estimate of drug-likeness (QED) is 0.442. The van der Waals surface area contributed by atoms with Crippen molar-refractivity contribution in [3.8, 4) is 5.69 Å². The van der Waals surface area contributed by atoms with E-state index in [9.17, 15) is 4.79 Å². The number of benzene rings is 2. The highest BCUT2D eigenvalue weighted by molar-refractivity contribution is 6.38. The fourth-order valence-corrected chi connectivity index (χ4v) is 3.98. The lowest BCUT2D eigenvalue weighted by molar-refractivity contribution is -0.114. The smallest absolute Gasteiger partial charge is 0.267 e.